The van der Waals surface area contributed by atoms with Gasteiger partial charge in [0.05, 0.1) is 0 Å². The SMILES string of the molecule is CC(C)N(C)C(=O)CC1CSCCN1. The van der Waals surface area contributed by atoms with Gasteiger partial charge in [0.15, 0.2) is 0 Å². The van der Waals surface area contributed by atoms with Gasteiger partial charge in [0.1, 0.15) is 0 Å². The molecule has 1 fully saturated rings. The van der Waals surface area contributed by atoms with Crippen LogP contribution in [0.25, 0.3) is 0 Å². The van der Waals surface area contributed by atoms with E-state index in [0.29, 0.717) is 18.5 Å². The highest BCUT2D eigenvalue weighted by atomic mass is 32.2. The van der Waals surface area contributed by atoms with E-state index >= 15 is 0 Å². The molecule has 82 valence electrons. The van der Waals surface area contributed by atoms with Crippen LogP contribution in [0, 0.1) is 0 Å². The lowest BCUT2D eigenvalue weighted by molar-refractivity contribution is -0.131. The maximum atomic E-state index is 11.7. The second kappa shape index (κ2) is 5.61. The molecule has 3 nitrogen and oxygen atoms in total. The first-order valence-corrected chi connectivity index (χ1v) is 6.33. The average Bonchev–Trinajstić information content (AvgIpc) is 2.18. The molecule has 0 bridgehead atoms. The summed E-state index contributed by atoms with van der Waals surface area (Å²) in [6.45, 7) is 5.12. The fraction of sp³-hybridized carbons (Fsp3) is 0.900. The van der Waals surface area contributed by atoms with Crippen LogP contribution in [-0.4, -0.2) is 48.0 Å². The lowest BCUT2D eigenvalue weighted by Crippen LogP contribution is -2.43. The van der Waals surface area contributed by atoms with Crippen LogP contribution < -0.4 is 5.32 Å². The normalized spacial score (nSPS) is 22.4. The predicted molar refractivity (Wildman–Crippen MR) is 61.6 cm³/mol. The van der Waals surface area contributed by atoms with E-state index in [9.17, 15) is 4.79 Å². The molecule has 0 aromatic carbocycles. The van der Waals surface area contributed by atoms with E-state index < -0.39 is 0 Å². The Labute approximate surface area is 90.6 Å². The van der Waals surface area contributed by atoms with Crippen molar-refractivity contribution >= 4 is 17.7 Å². The number of amides is 1. The Kier molecular flexibility index (Phi) is 4.75. The predicted octanol–water partition coefficient (Wildman–Crippen LogP) is 0.948. The van der Waals surface area contributed by atoms with E-state index in [1.54, 1.807) is 0 Å². The van der Waals surface area contributed by atoms with Crippen molar-refractivity contribution in [3.05, 3.63) is 0 Å². The molecular formula is C10H20N2OS. The molecule has 1 aliphatic heterocycles. The van der Waals surface area contributed by atoms with Crippen LogP contribution in [0.15, 0.2) is 0 Å². The number of hydrogen-bond donors (Lipinski definition) is 1. The molecule has 14 heavy (non-hydrogen) atoms. The van der Waals surface area contributed by atoms with Crippen LogP contribution >= 0.6 is 11.8 Å². The molecule has 1 N–H and O–H groups in total. The Bertz CT molecular complexity index is 191. The van der Waals surface area contributed by atoms with Crippen molar-refractivity contribution < 1.29 is 4.79 Å². The van der Waals surface area contributed by atoms with E-state index in [-0.39, 0.29) is 5.91 Å². The van der Waals surface area contributed by atoms with Gasteiger partial charge in [0, 0.05) is 43.6 Å². The minimum atomic E-state index is 0.250. The zero-order chi connectivity index (χ0) is 10.6. The molecule has 0 radical (unpaired) electrons. The van der Waals surface area contributed by atoms with Crippen molar-refractivity contribution in [2.24, 2.45) is 0 Å². The zero-order valence-corrected chi connectivity index (χ0v) is 10.1. The molecule has 0 aromatic heterocycles. The van der Waals surface area contributed by atoms with Crippen molar-refractivity contribution in [3.63, 3.8) is 0 Å². The second-order valence-electron chi connectivity index (χ2n) is 4.03. The molecule has 1 heterocycles. The van der Waals surface area contributed by atoms with Gasteiger partial charge in [-0.15, -0.1) is 0 Å². The standard InChI is InChI=1S/C10H20N2OS/c1-8(2)12(3)10(13)6-9-7-14-5-4-11-9/h8-9,11H,4-7H2,1-3H3. The van der Waals surface area contributed by atoms with Gasteiger partial charge in [0.25, 0.3) is 0 Å². The van der Waals surface area contributed by atoms with Crippen molar-refractivity contribution in [2.45, 2.75) is 32.4 Å². The molecule has 0 aromatic rings. The minimum Gasteiger partial charge on any atom is -0.343 e. The summed E-state index contributed by atoms with van der Waals surface area (Å²) in [6.07, 6.45) is 0.641. The smallest absolute Gasteiger partial charge is 0.224 e. The Hall–Kier alpha value is -0.220. The first-order valence-electron chi connectivity index (χ1n) is 5.18. The van der Waals surface area contributed by atoms with Gasteiger partial charge in [0.2, 0.25) is 5.91 Å². The average molecular weight is 216 g/mol. The summed E-state index contributed by atoms with van der Waals surface area (Å²) in [5.74, 6) is 2.49. The highest BCUT2D eigenvalue weighted by Crippen LogP contribution is 2.11. The molecule has 0 aliphatic carbocycles. The Morgan fingerprint density at radius 1 is 1.64 bits per heavy atom. The lowest BCUT2D eigenvalue weighted by atomic mass is 10.2. The maximum Gasteiger partial charge on any atom is 0.224 e. The lowest BCUT2D eigenvalue weighted by Gasteiger charge is -2.27. The number of thioether (sulfide) groups is 1. The summed E-state index contributed by atoms with van der Waals surface area (Å²) in [6, 6.07) is 0.682. The molecule has 1 saturated heterocycles. The van der Waals surface area contributed by atoms with Gasteiger partial charge in [-0.1, -0.05) is 0 Å². The third kappa shape index (κ3) is 3.50. The first kappa shape index (κ1) is 11.9. The zero-order valence-electron chi connectivity index (χ0n) is 9.25. The summed E-state index contributed by atoms with van der Waals surface area (Å²) in [5, 5.41) is 3.38. The summed E-state index contributed by atoms with van der Waals surface area (Å²) >= 11 is 1.93. The molecule has 4 heteroatoms. The highest BCUT2D eigenvalue weighted by molar-refractivity contribution is 7.99. The van der Waals surface area contributed by atoms with E-state index in [1.807, 2.05) is 37.6 Å². The largest absolute Gasteiger partial charge is 0.343 e. The van der Waals surface area contributed by atoms with E-state index in [1.165, 1.54) is 5.75 Å². The maximum absolute atomic E-state index is 11.7. The van der Waals surface area contributed by atoms with Crippen LogP contribution in [0.3, 0.4) is 0 Å². The number of carbonyl (C=O) groups is 1. The molecule has 1 aliphatic rings. The summed E-state index contributed by atoms with van der Waals surface area (Å²) < 4.78 is 0. The van der Waals surface area contributed by atoms with Crippen molar-refractivity contribution in [2.75, 3.05) is 25.1 Å². The van der Waals surface area contributed by atoms with Crippen LogP contribution in [0.4, 0.5) is 0 Å². The summed E-state index contributed by atoms with van der Waals surface area (Å²) in [4.78, 5) is 13.5. The quantitative estimate of drug-likeness (QED) is 0.762. The van der Waals surface area contributed by atoms with Crippen LogP contribution in [-0.2, 0) is 4.79 Å². The van der Waals surface area contributed by atoms with Crippen LogP contribution in [0.5, 0.6) is 0 Å². The van der Waals surface area contributed by atoms with Crippen LogP contribution in [0.1, 0.15) is 20.3 Å². The van der Waals surface area contributed by atoms with Crippen LogP contribution in [0.2, 0.25) is 0 Å². The number of hydrogen-bond acceptors (Lipinski definition) is 3. The van der Waals surface area contributed by atoms with E-state index in [2.05, 4.69) is 5.32 Å². The molecule has 1 amide bonds. The summed E-state index contributed by atoms with van der Waals surface area (Å²) in [7, 11) is 1.88. The number of nitrogens with one attached hydrogen (secondary N) is 1. The van der Waals surface area contributed by atoms with Crippen molar-refractivity contribution in [1.29, 1.82) is 0 Å². The van der Waals surface area contributed by atoms with Gasteiger partial charge < -0.3 is 10.2 Å². The topological polar surface area (TPSA) is 32.3 Å². The Morgan fingerprint density at radius 3 is 2.86 bits per heavy atom. The number of carbonyl (C=O) groups excluding carboxylic acids is 1. The number of nitrogens with zero attached hydrogens (tertiary/aromatic N) is 1. The third-order valence-corrected chi connectivity index (χ3v) is 3.72. The van der Waals surface area contributed by atoms with Crippen molar-refractivity contribution in [1.82, 2.24) is 10.2 Å². The van der Waals surface area contributed by atoms with E-state index in [0.717, 1.165) is 12.3 Å². The number of rotatable bonds is 3. The van der Waals surface area contributed by atoms with Crippen molar-refractivity contribution in [3.8, 4) is 0 Å². The van der Waals surface area contributed by atoms with Gasteiger partial charge in [-0.3, -0.25) is 4.79 Å². The highest BCUT2D eigenvalue weighted by Gasteiger charge is 2.19. The second-order valence-corrected chi connectivity index (χ2v) is 5.18. The minimum absolute atomic E-state index is 0.250. The molecular weight excluding hydrogens is 196 g/mol. The molecule has 1 rings (SSSR count). The van der Waals surface area contributed by atoms with Gasteiger partial charge in [-0.25, -0.2) is 0 Å². The van der Waals surface area contributed by atoms with E-state index in [4.69, 9.17) is 0 Å². The third-order valence-electron chi connectivity index (χ3n) is 2.59. The fourth-order valence-corrected chi connectivity index (χ4v) is 2.34. The fourth-order valence-electron chi connectivity index (χ4n) is 1.39. The first-order chi connectivity index (χ1) is 6.61. The monoisotopic (exact) mass is 216 g/mol. The molecule has 1 atom stereocenters. The molecule has 1 unspecified atom stereocenters. The van der Waals surface area contributed by atoms with Gasteiger partial charge in [-0.05, 0) is 13.8 Å². The molecule has 0 spiro atoms. The molecule has 0 saturated carbocycles. The van der Waals surface area contributed by atoms with Gasteiger partial charge in [-0.2, -0.15) is 11.8 Å². The Balaban J connectivity index is 2.31. The summed E-state index contributed by atoms with van der Waals surface area (Å²) in [5.41, 5.74) is 0. The van der Waals surface area contributed by atoms with Gasteiger partial charge >= 0.3 is 0 Å². The Morgan fingerprint density at radius 2 is 2.36 bits per heavy atom.